The second-order valence-corrected chi connectivity index (χ2v) is 8.08. The van der Waals surface area contributed by atoms with Crippen molar-refractivity contribution in [2.24, 2.45) is 0 Å². The fourth-order valence-corrected chi connectivity index (χ4v) is 2.98. The Morgan fingerprint density at radius 3 is 1.79 bits per heavy atom. The van der Waals surface area contributed by atoms with Gasteiger partial charge < -0.3 is 25.3 Å². The molecule has 0 saturated heterocycles. The van der Waals surface area contributed by atoms with Gasteiger partial charge in [0, 0.05) is 19.6 Å². The van der Waals surface area contributed by atoms with Gasteiger partial charge in [0.15, 0.2) is 21.5 Å². The molecule has 0 fully saturated rings. The predicted octanol–water partition coefficient (Wildman–Crippen LogP) is 0.626. The van der Waals surface area contributed by atoms with E-state index in [1.165, 1.54) is 15.3 Å². The summed E-state index contributed by atoms with van der Waals surface area (Å²) in [7, 11) is -3.13. The van der Waals surface area contributed by atoms with E-state index in [1.54, 1.807) is 20.8 Å². The first-order valence-electron chi connectivity index (χ1n) is 8.18. The van der Waals surface area contributed by atoms with E-state index in [1.807, 2.05) is 0 Å². The first-order valence-corrected chi connectivity index (χ1v) is 10.0. The molecule has 0 amide bonds. The maximum atomic E-state index is 11.3. The van der Waals surface area contributed by atoms with Crippen LogP contribution >= 0.6 is 0 Å². The number of aliphatic hydroxyl groups excluding tert-OH is 1. The van der Waals surface area contributed by atoms with Crippen molar-refractivity contribution in [2.45, 2.75) is 33.9 Å². The van der Waals surface area contributed by atoms with Crippen molar-refractivity contribution in [1.82, 2.24) is 19.1 Å². The maximum Gasteiger partial charge on any atom is 0.342 e. The molecule has 0 aromatic carbocycles. The summed E-state index contributed by atoms with van der Waals surface area (Å²) in [6.07, 6.45) is 2.32. The Morgan fingerprint density at radius 2 is 1.43 bits per heavy atom. The van der Waals surface area contributed by atoms with E-state index in [0.717, 1.165) is 6.20 Å². The molecule has 2 rings (SSSR count). The molecule has 0 bridgehead atoms. The molecule has 0 unspecified atom stereocenters. The zero-order valence-electron chi connectivity index (χ0n) is 15.7. The van der Waals surface area contributed by atoms with Crippen LogP contribution in [0.15, 0.2) is 12.4 Å². The smallest absolute Gasteiger partial charge is 0.342 e. The lowest BCUT2D eigenvalue weighted by molar-refractivity contribution is -0.392. The molecule has 0 aliphatic rings. The van der Waals surface area contributed by atoms with Gasteiger partial charge in [0.1, 0.15) is 25.5 Å². The Bertz CT molecular complexity index is 934. The van der Waals surface area contributed by atoms with Crippen LogP contribution < -0.4 is 0 Å². The summed E-state index contributed by atoms with van der Waals surface area (Å²) in [5.41, 5.74) is 0. The van der Waals surface area contributed by atoms with Gasteiger partial charge in [-0.3, -0.25) is 0 Å². The largest absolute Gasteiger partial charge is 0.392 e. The topological polar surface area (TPSA) is 176 Å². The molecular formula is C14H22N6O7S. The highest BCUT2D eigenvalue weighted by Crippen LogP contribution is 2.14. The first kappa shape index (κ1) is 23.2. The minimum absolute atomic E-state index is 0.0363. The average molecular weight is 418 g/mol. The summed E-state index contributed by atoms with van der Waals surface area (Å²) in [5, 5.41) is 29.6. The number of aryl methyl sites for hydroxylation is 2. The third-order valence-electron chi connectivity index (χ3n) is 3.83. The van der Waals surface area contributed by atoms with Crippen LogP contribution in [0.5, 0.6) is 0 Å². The van der Waals surface area contributed by atoms with Gasteiger partial charge in [-0.25, -0.2) is 27.5 Å². The maximum absolute atomic E-state index is 11.3. The van der Waals surface area contributed by atoms with Crippen LogP contribution in [0.4, 0.5) is 11.6 Å². The zero-order chi connectivity index (χ0) is 21.5. The van der Waals surface area contributed by atoms with E-state index in [0.29, 0.717) is 11.6 Å². The normalized spacial score (nSPS) is 11.0. The SMILES string of the molecule is CCS(=O)(=O)CCn1c([N+](=O)[O-])cnc1C.Cc1ncc([N+](=O)[O-])n1CCO. The van der Waals surface area contributed by atoms with Gasteiger partial charge in [0.05, 0.1) is 12.4 Å². The number of nitrogens with zero attached hydrogens (tertiary/aromatic N) is 6. The number of aromatic nitrogens is 4. The minimum atomic E-state index is -3.13. The molecule has 156 valence electrons. The van der Waals surface area contributed by atoms with Crippen molar-refractivity contribution in [3.63, 3.8) is 0 Å². The van der Waals surface area contributed by atoms with Gasteiger partial charge in [0.2, 0.25) is 0 Å². The first-order chi connectivity index (χ1) is 13.0. The van der Waals surface area contributed by atoms with Gasteiger partial charge in [0.25, 0.3) is 0 Å². The summed E-state index contributed by atoms with van der Waals surface area (Å²) in [4.78, 5) is 27.5. The number of sulfone groups is 1. The second-order valence-electron chi connectivity index (χ2n) is 5.60. The highest BCUT2D eigenvalue weighted by molar-refractivity contribution is 7.91. The molecule has 28 heavy (non-hydrogen) atoms. The van der Waals surface area contributed by atoms with Crippen molar-refractivity contribution in [2.75, 3.05) is 18.1 Å². The lowest BCUT2D eigenvalue weighted by Crippen LogP contribution is -2.16. The van der Waals surface area contributed by atoms with Crippen molar-refractivity contribution in [3.8, 4) is 0 Å². The predicted molar refractivity (Wildman–Crippen MR) is 98.7 cm³/mol. The highest BCUT2D eigenvalue weighted by atomic mass is 32.2. The van der Waals surface area contributed by atoms with Gasteiger partial charge in [-0.1, -0.05) is 6.92 Å². The van der Waals surface area contributed by atoms with Crippen molar-refractivity contribution in [3.05, 3.63) is 44.3 Å². The highest BCUT2D eigenvalue weighted by Gasteiger charge is 2.19. The third-order valence-corrected chi connectivity index (χ3v) is 5.52. The molecule has 1 N–H and O–H groups in total. The summed E-state index contributed by atoms with van der Waals surface area (Å²) >= 11 is 0. The molecule has 0 saturated carbocycles. The lowest BCUT2D eigenvalue weighted by Gasteiger charge is -2.02. The van der Waals surface area contributed by atoms with E-state index in [4.69, 9.17) is 5.11 Å². The molecule has 0 spiro atoms. The average Bonchev–Trinajstić information content (AvgIpc) is 3.17. The molecule has 0 radical (unpaired) electrons. The van der Waals surface area contributed by atoms with Crippen molar-refractivity contribution in [1.29, 1.82) is 0 Å². The van der Waals surface area contributed by atoms with E-state index >= 15 is 0 Å². The van der Waals surface area contributed by atoms with Crippen LogP contribution in [0.1, 0.15) is 18.6 Å². The lowest BCUT2D eigenvalue weighted by atomic mass is 10.6. The quantitative estimate of drug-likeness (QED) is 0.475. The molecule has 0 atom stereocenters. The van der Waals surface area contributed by atoms with Gasteiger partial charge in [-0.15, -0.1) is 0 Å². The Hall–Kier alpha value is -2.87. The van der Waals surface area contributed by atoms with Crippen molar-refractivity contribution < 1.29 is 23.4 Å². The van der Waals surface area contributed by atoms with Gasteiger partial charge in [-0.2, -0.15) is 0 Å². The Balaban J connectivity index is 0.000000292. The third kappa shape index (κ3) is 6.09. The number of hydrogen-bond acceptors (Lipinski definition) is 9. The summed E-state index contributed by atoms with van der Waals surface area (Å²) < 4.78 is 25.2. The van der Waals surface area contributed by atoms with Crippen molar-refractivity contribution >= 4 is 21.5 Å². The Morgan fingerprint density at radius 1 is 1.00 bits per heavy atom. The van der Waals surface area contributed by atoms with Crippen LogP contribution in [-0.4, -0.2) is 60.6 Å². The van der Waals surface area contributed by atoms with Gasteiger partial charge in [-0.05, 0) is 9.85 Å². The molecule has 2 heterocycles. The molecule has 13 nitrogen and oxygen atoms in total. The summed E-state index contributed by atoms with van der Waals surface area (Å²) in [5.74, 6) is 0.648. The zero-order valence-corrected chi connectivity index (χ0v) is 16.5. The van der Waals surface area contributed by atoms with Crippen LogP contribution in [0.25, 0.3) is 0 Å². The minimum Gasteiger partial charge on any atom is -0.392 e. The summed E-state index contributed by atoms with van der Waals surface area (Å²) in [6.45, 7) is 4.96. The van der Waals surface area contributed by atoms with E-state index < -0.39 is 19.7 Å². The number of aliphatic hydroxyl groups is 1. The van der Waals surface area contributed by atoms with Crippen LogP contribution in [-0.2, 0) is 22.9 Å². The van der Waals surface area contributed by atoms with E-state index in [-0.39, 0.29) is 42.8 Å². The second kappa shape index (κ2) is 9.89. The fraction of sp³-hybridized carbons (Fsp3) is 0.571. The standard InChI is InChI=1S/C8H13N3O4S.C6H9N3O3/c1-3-16(14,15)5-4-10-7(2)9-6-8(10)11(12)13;1-5-7-4-6(9(11)12)8(5)2-3-10/h6H,3-5H2,1-2H3;4,10H,2-3H2,1H3. The number of rotatable bonds is 8. The number of hydrogen-bond donors (Lipinski definition) is 1. The molecular weight excluding hydrogens is 396 g/mol. The Labute approximate surface area is 160 Å². The molecule has 0 aliphatic heterocycles. The van der Waals surface area contributed by atoms with Crippen LogP contribution in [0.3, 0.4) is 0 Å². The number of nitro groups is 2. The summed E-state index contributed by atoms with van der Waals surface area (Å²) in [6, 6.07) is 0. The number of imidazole rings is 2. The molecule has 14 heteroatoms. The molecule has 2 aromatic rings. The van der Waals surface area contributed by atoms with E-state index in [9.17, 15) is 28.6 Å². The molecule has 2 aromatic heterocycles. The Kier molecular flexibility index (Phi) is 8.18. The van der Waals surface area contributed by atoms with E-state index in [2.05, 4.69) is 9.97 Å². The van der Waals surface area contributed by atoms with Crippen LogP contribution in [0, 0.1) is 34.1 Å². The van der Waals surface area contributed by atoms with Crippen LogP contribution in [0.2, 0.25) is 0 Å². The monoisotopic (exact) mass is 418 g/mol. The van der Waals surface area contributed by atoms with Gasteiger partial charge >= 0.3 is 11.6 Å². The fourth-order valence-electron chi connectivity index (χ4n) is 2.23. The molecule has 0 aliphatic carbocycles.